The van der Waals surface area contributed by atoms with E-state index in [0.717, 1.165) is 11.1 Å². The summed E-state index contributed by atoms with van der Waals surface area (Å²) >= 11 is 0. The monoisotopic (exact) mass is 414 g/mol. The van der Waals surface area contributed by atoms with E-state index in [1.165, 1.54) is 0 Å². The van der Waals surface area contributed by atoms with Crippen LogP contribution >= 0.6 is 0 Å². The number of nitrogens with zero attached hydrogens (tertiary/aromatic N) is 1. The van der Waals surface area contributed by atoms with Crippen LogP contribution in [0.3, 0.4) is 0 Å². The quantitative estimate of drug-likeness (QED) is 0.523. The minimum atomic E-state index is -0.371. The molecule has 1 heterocycles. The highest BCUT2D eigenvalue weighted by atomic mass is 16.5. The van der Waals surface area contributed by atoms with Crippen LogP contribution in [0, 0.1) is 0 Å². The third-order valence-corrected chi connectivity index (χ3v) is 5.26. The predicted octanol–water partition coefficient (Wildman–Crippen LogP) is 4.48. The third-order valence-electron chi connectivity index (χ3n) is 5.26. The summed E-state index contributed by atoms with van der Waals surface area (Å²) in [6, 6.07) is 21.5. The average Bonchev–Trinajstić information content (AvgIpc) is 2.82. The van der Waals surface area contributed by atoms with Crippen molar-refractivity contribution in [3.05, 3.63) is 88.6 Å². The first-order chi connectivity index (χ1) is 15.0. The van der Waals surface area contributed by atoms with Gasteiger partial charge >= 0.3 is 0 Å². The van der Waals surface area contributed by atoms with Crippen molar-refractivity contribution in [1.29, 1.82) is 0 Å². The largest absolute Gasteiger partial charge is 0.497 e. The Kier molecular flexibility index (Phi) is 5.45. The second kappa shape index (κ2) is 8.36. The van der Waals surface area contributed by atoms with E-state index in [1.807, 2.05) is 54.1 Å². The third kappa shape index (κ3) is 3.75. The first-order valence-corrected chi connectivity index (χ1v) is 9.75. The number of ether oxygens (including phenoxy) is 2. The van der Waals surface area contributed by atoms with E-state index in [4.69, 9.17) is 9.47 Å². The van der Waals surface area contributed by atoms with Gasteiger partial charge in [0.15, 0.2) is 0 Å². The van der Waals surface area contributed by atoms with Crippen molar-refractivity contribution >= 4 is 22.5 Å². The molecule has 0 saturated heterocycles. The molecule has 0 spiro atoms. The maximum atomic E-state index is 13.4. The number of rotatable bonds is 5. The van der Waals surface area contributed by atoms with Gasteiger partial charge in [-0.15, -0.1) is 0 Å². The summed E-state index contributed by atoms with van der Waals surface area (Å²) in [5.41, 5.74) is 2.61. The number of nitrogens with one attached hydrogen (secondary N) is 1. The van der Waals surface area contributed by atoms with Crippen LogP contribution in [0.1, 0.15) is 10.4 Å². The first kappa shape index (κ1) is 20.2. The number of methoxy groups -OCH3 is 2. The molecular weight excluding hydrogens is 392 g/mol. The molecule has 0 unspecified atom stereocenters. The fourth-order valence-electron chi connectivity index (χ4n) is 3.62. The molecule has 0 fully saturated rings. The van der Waals surface area contributed by atoms with E-state index >= 15 is 0 Å². The van der Waals surface area contributed by atoms with Crippen molar-refractivity contribution in [1.82, 2.24) is 4.57 Å². The number of hydrogen-bond acceptors (Lipinski definition) is 4. The van der Waals surface area contributed by atoms with E-state index in [9.17, 15) is 9.59 Å². The van der Waals surface area contributed by atoms with Gasteiger partial charge in [0.1, 0.15) is 17.2 Å². The van der Waals surface area contributed by atoms with Crippen molar-refractivity contribution in [3.8, 4) is 22.8 Å². The number of carbonyl (C=O) groups is 1. The van der Waals surface area contributed by atoms with Crippen LogP contribution in [0.4, 0.5) is 5.69 Å². The Labute approximate surface area is 179 Å². The Morgan fingerprint density at radius 1 is 0.839 bits per heavy atom. The van der Waals surface area contributed by atoms with Crippen LogP contribution in [0.15, 0.2) is 77.6 Å². The highest BCUT2D eigenvalue weighted by molar-refractivity contribution is 6.07. The van der Waals surface area contributed by atoms with E-state index in [-0.39, 0.29) is 17.0 Å². The topological polar surface area (TPSA) is 69.6 Å². The van der Waals surface area contributed by atoms with Crippen molar-refractivity contribution in [2.75, 3.05) is 19.5 Å². The lowest BCUT2D eigenvalue weighted by Crippen LogP contribution is -2.22. The second-order valence-electron chi connectivity index (χ2n) is 7.04. The minimum absolute atomic E-state index is 0.229. The molecule has 0 aliphatic heterocycles. The molecule has 1 N–H and O–H groups in total. The highest BCUT2D eigenvalue weighted by Crippen LogP contribution is 2.30. The predicted molar refractivity (Wildman–Crippen MR) is 122 cm³/mol. The van der Waals surface area contributed by atoms with Gasteiger partial charge in [-0.3, -0.25) is 9.59 Å². The zero-order valence-electron chi connectivity index (χ0n) is 17.5. The number of amides is 1. The SMILES string of the molecule is COc1ccc(C(=O)Nc2c(-c3ccc(OC)cc3)n(C)c3ccccc3c2=O)cc1. The van der Waals surface area contributed by atoms with Crippen molar-refractivity contribution < 1.29 is 14.3 Å². The van der Waals surface area contributed by atoms with E-state index in [1.54, 1.807) is 44.6 Å². The maximum Gasteiger partial charge on any atom is 0.255 e. The molecule has 0 atom stereocenters. The Morgan fingerprint density at radius 3 is 2.03 bits per heavy atom. The molecule has 1 aromatic heterocycles. The summed E-state index contributed by atoms with van der Waals surface area (Å²) in [5, 5.41) is 3.38. The fraction of sp³-hybridized carbons (Fsp3) is 0.120. The Bertz CT molecular complexity index is 1310. The van der Waals surface area contributed by atoms with Crippen LogP contribution in [0.25, 0.3) is 22.2 Å². The minimum Gasteiger partial charge on any atom is -0.497 e. The summed E-state index contributed by atoms with van der Waals surface area (Å²) < 4.78 is 12.3. The smallest absolute Gasteiger partial charge is 0.255 e. The fourth-order valence-corrected chi connectivity index (χ4v) is 3.62. The molecule has 4 aromatic rings. The molecule has 31 heavy (non-hydrogen) atoms. The number of aromatic nitrogens is 1. The van der Waals surface area contributed by atoms with Crippen LogP contribution in [-0.4, -0.2) is 24.7 Å². The summed E-state index contributed by atoms with van der Waals surface area (Å²) in [6.45, 7) is 0. The van der Waals surface area contributed by atoms with Gasteiger partial charge < -0.3 is 19.4 Å². The molecule has 0 radical (unpaired) electrons. The van der Waals surface area contributed by atoms with Crippen LogP contribution in [0.2, 0.25) is 0 Å². The molecule has 4 rings (SSSR count). The van der Waals surface area contributed by atoms with Gasteiger partial charge in [0.25, 0.3) is 5.91 Å². The van der Waals surface area contributed by atoms with Gasteiger partial charge in [-0.05, 0) is 60.7 Å². The Balaban J connectivity index is 1.88. The van der Waals surface area contributed by atoms with E-state index < -0.39 is 0 Å². The molecular formula is C25H22N2O4. The van der Waals surface area contributed by atoms with Crippen LogP contribution in [-0.2, 0) is 7.05 Å². The summed E-state index contributed by atoms with van der Waals surface area (Å²) in [4.78, 5) is 26.4. The molecule has 3 aromatic carbocycles. The number of pyridine rings is 1. The molecule has 6 heteroatoms. The van der Waals surface area contributed by atoms with E-state index in [0.29, 0.717) is 28.1 Å². The average molecular weight is 414 g/mol. The molecule has 0 bridgehead atoms. The number of benzene rings is 3. The van der Waals surface area contributed by atoms with Crippen molar-refractivity contribution in [2.24, 2.45) is 7.05 Å². The van der Waals surface area contributed by atoms with E-state index in [2.05, 4.69) is 5.32 Å². The van der Waals surface area contributed by atoms with Gasteiger partial charge in [0.05, 0.1) is 25.4 Å². The number of para-hydroxylation sites is 1. The summed E-state index contributed by atoms with van der Waals surface area (Å²) in [7, 11) is 5.04. The zero-order valence-corrected chi connectivity index (χ0v) is 17.5. The number of aryl methyl sites for hydroxylation is 1. The van der Waals surface area contributed by atoms with Gasteiger partial charge in [-0.25, -0.2) is 0 Å². The van der Waals surface area contributed by atoms with Gasteiger partial charge in [0, 0.05) is 23.6 Å². The second-order valence-corrected chi connectivity index (χ2v) is 7.04. The number of anilines is 1. The van der Waals surface area contributed by atoms with Gasteiger partial charge in [-0.1, -0.05) is 12.1 Å². The van der Waals surface area contributed by atoms with Crippen LogP contribution < -0.4 is 20.2 Å². The molecule has 6 nitrogen and oxygen atoms in total. The lowest BCUT2D eigenvalue weighted by Gasteiger charge is -2.18. The molecule has 0 aliphatic carbocycles. The van der Waals surface area contributed by atoms with Gasteiger partial charge in [0.2, 0.25) is 5.43 Å². The standard InChI is InChI=1S/C25H22N2O4/c1-27-21-7-5-4-6-20(21)24(28)22(23(27)16-8-12-18(30-2)13-9-16)26-25(29)17-10-14-19(31-3)15-11-17/h4-15H,1-3H3,(H,26,29). The van der Waals surface area contributed by atoms with Crippen LogP contribution in [0.5, 0.6) is 11.5 Å². The zero-order chi connectivity index (χ0) is 22.0. The van der Waals surface area contributed by atoms with Gasteiger partial charge in [-0.2, -0.15) is 0 Å². The molecule has 0 saturated carbocycles. The Hall–Kier alpha value is -4.06. The maximum absolute atomic E-state index is 13.4. The molecule has 156 valence electrons. The lowest BCUT2D eigenvalue weighted by atomic mass is 10.0. The number of fused-ring (bicyclic) bond motifs is 1. The van der Waals surface area contributed by atoms with Crippen molar-refractivity contribution in [2.45, 2.75) is 0 Å². The first-order valence-electron chi connectivity index (χ1n) is 9.75. The highest BCUT2D eigenvalue weighted by Gasteiger charge is 2.19. The number of hydrogen-bond donors (Lipinski definition) is 1. The lowest BCUT2D eigenvalue weighted by molar-refractivity contribution is 0.102. The number of carbonyl (C=O) groups excluding carboxylic acids is 1. The van der Waals surface area contributed by atoms with Crippen molar-refractivity contribution in [3.63, 3.8) is 0 Å². The molecule has 1 amide bonds. The normalized spacial score (nSPS) is 10.7. The summed E-state index contributed by atoms with van der Waals surface area (Å²) in [5.74, 6) is 0.986. The Morgan fingerprint density at radius 2 is 1.42 bits per heavy atom. The summed E-state index contributed by atoms with van der Waals surface area (Å²) in [6.07, 6.45) is 0. The molecule has 0 aliphatic rings.